The van der Waals surface area contributed by atoms with E-state index in [1.807, 2.05) is 31.2 Å². The molecule has 2 aromatic carbocycles. The minimum absolute atomic E-state index is 0.335. The number of nitrogens with two attached hydrogens (primary N) is 1. The highest BCUT2D eigenvalue weighted by Gasteiger charge is 2.24. The van der Waals surface area contributed by atoms with Gasteiger partial charge in [0.05, 0.1) is 19.8 Å². The predicted octanol–water partition coefficient (Wildman–Crippen LogP) is 5.69. The molecule has 33 heavy (non-hydrogen) atoms. The SMILES string of the molecule is CCCCCc1c(-c2cccc(F)c2)c(C(N)=O)c(C)n1CCc1ccc(OC)c(OC)c1. The quantitative estimate of drug-likeness (QED) is 0.380. The second-order valence-electron chi connectivity index (χ2n) is 8.20. The molecule has 0 fully saturated rings. The zero-order valence-electron chi connectivity index (χ0n) is 19.9. The smallest absolute Gasteiger partial charge is 0.251 e. The van der Waals surface area contributed by atoms with Crippen LogP contribution in [-0.2, 0) is 19.4 Å². The molecule has 2 N–H and O–H groups in total. The lowest BCUT2D eigenvalue weighted by atomic mass is 9.97. The molecular formula is C27H33FN2O3. The number of hydrogen-bond acceptors (Lipinski definition) is 3. The van der Waals surface area contributed by atoms with Crippen LogP contribution >= 0.6 is 0 Å². The van der Waals surface area contributed by atoms with Gasteiger partial charge in [0.1, 0.15) is 5.82 Å². The Kier molecular flexibility index (Phi) is 8.15. The topological polar surface area (TPSA) is 66.5 Å². The van der Waals surface area contributed by atoms with E-state index in [1.165, 1.54) is 12.1 Å². The van der Waals surface area contributed by atoms with Crippen molar-refractivity contribution >= 4 is 5.91 Å². The number of amides is 1. The molecule has 0 unspecified atom stereocenters. The van der Waals surface area contributed by atoms with Crippen LogP contribution in [0.5, 0.6) is 11.5 Å². The first kappa shape index (κ1) is 24.4. The van der Waals surface area contributed by atoms with Gasteiger partial charge in [0, 0.05) is 23.5 Å². The predicted molar refractivity (Wildman–Crippen MR) is 130 cm³/mol. The lowest BCUT2D eigenvalue weighted by Crippen LogP contribution is -2.14. The number of nitrogens with zero attached hydrogens (tertiary/aromatic N) is 1. The van der Waals surface area contributed by atoms with Gasteiger partial charge in [-0.1, -0.05) is 38.0 Å². The number of methoxy groups -OCH3 is 2. The van der Waals surface area contributed by atoms with Crippen LogP contribution in [0.3, 0.4) is 0 Å². The Balaban J connectivity index is 2.06. The molecule has 0 aliphatic rings. The molecule has 0 bridgehead atoms. The number of unbranched alkanes of at least 4 members (excludes halogenated alkanes) is 2. The summed E-state index contributed by atoms with van der Waals surface area (Å²) in [6.07, 6.45) is 4.67. The fraction of sp³-hybridized carbons (Fsp3) is 0.370. The molecule has 0 aliphatic carbocycles. The maximum Gasteiger partial charge on any atom is 0.251 e. The Morgan fingerprint density at radius 1 is 1.03 bits per heavy atom. The first-order chi connectivity index (χ1) is 15.9. The summed E-state index contributed by atoms with van der Waals surface area (Å²) in [4.78, 5) is 12.5. The van der Waals surface area contributed by atoms with E-state index in [-0.39, 0.29) is 5.82 Å². The highest BCUT2D eigenvalue weighted by atomic mass is 19.1. The molecule has 0 aliphatic heterocycles. The minimum atomic E-state index is -0.492. The van der Waals surface area contributed by atoms with E-state index in [2.05, 4.69) is 11.5 Å². The van der Waals surface area contributed by atoms with Crippen LogP contribution in [0.1, 0.15) is 53.5 Å². The summed E-state index contributed by atoms with van der Waals surface area (Å²) in [5.41, 5.74) is 10.7. The number of primary amides is 1. The molecule has 0 radical (unpaired) electrons. The van der Waals surface area contributed by atoms with Gasteiger partial charge in [0.15, 0.2) is 11.5 Å². The molecule has 1 aromatic heterocycles. The highest BCUT2D eigenvalue weighted by Crippen LogP contribution is 2.35. The molecule has 1 heterocycles. The number of rotatable bonds is 11. The van der Waals surface area contributed by atoms with Crippen molar-refractivity contribution in [3.8, 4) is 22.6 Å². The molecule has 0 saturated carbocycles. The Hall–Kier alpha value is -3.28. The second-order valence-corrected chi connectivity index (χ2v) is 8.20. The van der Waals surface area contributed by atoms with Gasteiger partial charge < -0.3 is 19.8 Å². The standard InChI is InChI=1S/C27H33FN2O3/c1-5-6-7-11-22-26(20-9-8-10-21(28)17-20)25(27(29)31)18(2)30(22)15-14-19-12-13-23(32-3)24(16-19)33-4/h8-10,12-13,16-17H,5-7,11,14-15H2,1-4H3,(H2,29,31). The molecule has 1 amide bonds. The number of halogens is 1. The Labute approximate surface area is 195 Å². The van der Waals surface area contributed by atoms with Crippen molar-refractivity contribution in [3.63, 3.8) is 0 Å². The summed E-state index contributed by atoms with van der Waals surface area (Å²) in [6.45, 7) is 4.74. The number of benzene rings is 2. The van der Waals surface area contributed by atoms with Crippen LogP contribution in [0, 0.1) is 12.7 Å². The van der Waals surface area contributed by atoms with Gasteiger partial charge in [0.2, 0.25) is 0 Å². The third-order valence-electron chi connectivity index (χ3n) is 6.08. The number of ether oxygens (including phenoxy) is 2. The molecule has 176 valence electrons. The monoisotopic (exact) mass is 452 g/mol. The average Bonchev–Trinajstić information content (AvgIpc) is 3.09. The van der Waals surface area contributed by atoms with Crippen molar-refractivity contribution in [1.82, 2.24) is 4.57 Å². The van der Waals surface area contributed by atoms with E-state index in [1.54, 1.807) is 20.3 Å². The number of carbonyl (C=O) groups excluding carboxylic acids is 1. The second kappa shape index (κ2) is 11.0. The summed E-state index contributed by atoms with van der Waals surface area (Å²) in [5.74, 6) is 0.537. The van der Waals surface area contributed by atoms with E-state index in [0.717, 1.165) is 54.6 Å². The largest absolute Gasteiger partial charge is 0.493 e. The van der Waals surface area contributed by atoms with Gasteiger partial charge in [-0.05, 0) is 61.6 Å². The first-order valence-electron chi connectivity index (χ1n) is 11.4. The zero-order chi connectivity index (χ0) is 24.0. The van der Waals surface area contributed by atoms with Gasteiger partial charge in [-0.3, -0.25) is 4.79 Å². The summed E-state index contributed by atoms with van der Waals surface area (Å²) in [5, 5.41) is 0. The molecule has 0 saturated heterocycles. The van der Waals surface area contributed by atoms with Gasteiger partial charge in [0.25, 0.3) is 5.91 Å². The summed E-state index contributed by atoms with van der Waals surface area (Å²) < 4.78 is 27.0. The molecule has 3 aromatic rings. The van der Waals surface area contributed by atoms with Crippen molar-refractivity contribution in [2.24, 2.45) is 5.73 Å². The van der Waals surface area contributed by atoms with Crippen LogP contribution in [0.2, 0.25) is 0 Å². The van der Waals surface area contributed by atoms with Crippen LogP contribution in [-0.4, -0.2) is 24.7 Å². The maximum absolute atomic E-state index is 14.1. The molecule has 0 spiro atoms. The molecular weight excluding hydrogens is 419 g/mol. The lowest BCUT2D eigenvalue weighted by molar-refractivity contribution is 0.1000. The molecule has 3 rings (SSSR count). The molecule has 0 atom stereocenters. The van der Waals surface area contributed by atoms with E-state index in [9.17, 15) is 9.18 Å². The van der Waals surface area contributed by atoms with Crippen molar-refractivity contribution in [2.45, 2.75) is 52.5 Å². The van der Waals surface area contributed by atoms with Crippen LogP contribution in [0.15, 0.2) is 42.5 Å². The summed E-state index contributed by atoms with van der Waals surface area (Å²) >= 11 is 0. The average molecular weight is 453 g/mol. The lowest BCUT2D eigenvalue weighted by Gasteiger charge is -2.15. The van der Waals surface area contributed by atoms with E-state index < -0.39 is 5.91 Å². The Morgan fingerprint density at radius 3 is 2.42 bits per heavy atom. The van der Waals surface area contributed by atoms with Crippen molar-refractivity contribution in [2.75, 3.05) is 14.2 Å². The maximum atomic E-state index is 14.1. The number of hydrogen-bond donors (Lipinski definition) is 1. The van der Waals surface area contributed by atoms with Crippen LogP contribution < -0.4 is 15.2 Å². The first-order valence-corrected chi connectivity index (χ1v) is 11.4. The van der Waals surface area contributed by atoms with Crippen molar-refractivity contribution in [3.05, 3.63) is 70.8 Å². The van der Waals surface area contributed by atoms with E-state index in [4.69, 9.17) is 15.2 Å². The Morgan fingerprint density at radius 2 is 1.79 bits per heavy atom. The zero-order valence-corrected chi connectivity index (χ0v) is 19.9. The van der Waals surface area contributed by atoms with Crippen molar-refractivity contribution in [1.29, 1.82) is 0 Å². The van der Waals surface area contributed by atoms with Crippen molar-refractivity contribution < 1.29 is 18.7 Å². The normalized spacial score (nSPS) is 10.9. The Bertz CT molecular complexity index is 1120. The van der Waals surface area contributed by atoms with E-state index >= 15 is 0 Å². The molecule has 5 nitrogen and oxygen atoms in total. The number of aryl methyl sites for hydroxylation is 1. The van der Waals surface area contributed by atoms with Gasteiger partial charge in [-0.2, -0.15) is 0 Å². The van der Waals surface area contributed by atoms with Gasteiger partial charge >= 0.3 is 0 Å². The number of carbonyl (C=O) groups is 1. The molecule has 6 heteroatoms. The summed E-state index contributed by atoms with van der Waals surface area (Å²) in [7, 11) is 3.23. The highest BCUT2D eigenvalue weighted by molar-refractivity contribution is 6.02. The summed E-state index contributed by atoms with van der Waals surface area (Å²) in [6, 6.07) is 12.3. The van der Waals surface area contributed by atoms with Crippen LogP contribution in [0.25, 0.3) is 11.1 Å². The van der Waals surface area contributed by atoms with Crippen LogP contribution in [0.4, 0.5) is 4.39 Å². The van der Waals surface area contributed by atoms with Gasteiger partial charge in [-0.25, -0.2) is 4.39 Å². The fourth-order valence-electron chi connectivity index (χ4n) is 4.44. The fourth-order valence-corrected chi connectivity index (χ4v) is 4.44. The number of aromatic nitrogens is 1. The third-order valence-corrected chi connectivity index (χ3v) is 6.08. The van der Waals surface area contributed by atoms with Gasteiger partial charge in [-0.15, -0.1) is 0 Å². The minimum Gasteiger partial charge on any atom is -0.493 e. The third kappa shape index (κ3) is 5.38. The van der Waals surface area contributed by atoms with E-state index in [0.29, 0.717) is 29.2 Å².